The van der Waals surface area contributed by atoms with Crippen molar-refractivity contribution in [2.75, 3.05) is 19.6 Å². The molecule has 2 aliphatic rings. The largest absolute Gasteiger partial charge is 0.314 e. The van der Waals surface area contributed by atoms with Crippen LogP contribution in [0, 0.1) is 11.7 Å². The van der Waals surface area contributed by atoms with Gasteiger partial charge in [-0.15, -0.1) is 0 Å². The first kappa shape index (κ1) is 13.1. The predicted octanol–water partition coefficient (Wildman–Crippen LogP) is 2.79. The summed E-state index contributed by atoms with van der Waals surface area (Å²) in [6.45, 7) is 4.39. The highest BCUT2D eigenvalue weighted by molar-refractivity contribution is 5.16. The Bertz CT molecular complexity index is 415. The maximum absolute atomic E-state index is 13.2. The molecule has 0 saturated carbocycles. The van der Waals surface area contributed by atoms with Gasteiger partial charge in [0.25, 0.3) is 0 Å². The number of nitrogens with one attached hydrogen (secondary N) is 1. The summed E-state index contributed by atoms with van der Waals surface area (Å²) in [6, 6.07) is 7.74. The van der Waals surface area contributed by atoms with E-state index < -0.39 is 0 Å². The Balaban J connectivity index is 1.58. The van der Waals surface area contributed by atoms with Crippen LogP contribution in [0.5, 0.6) is 0 Å². The van der Waals surface area contributed by atoms with Crippen molar-refractivity contribution in [2.24, 2.45) is 5.92 Å². The Labute approximate surface area is 115 Å². The Morgan fingerprint density at radius 1 is 1.26 bits per heavy atom. The highest BCUT2D eigenvalue weighted by atomic mass is 19.1. The van der Waals surface area contributed by atoms with Crippen molar-refractivity contribution in [2.45, 2.75) is 38.3 Å². The molecule has 0 aromatic heterocycles. The average molecular weight is 262 g/mol. The van der Waals surface area contributed by atoms with Crippen LogP contribution < -0.4 is 5.32 Å². The number of rotatable bonds is 3. The second-order valence-electron chi connectivity index (χ2n) is 5.97. The zero-order chi connectivity index (χ0) is 13.1. The van der Waals surface area contributed by atoms with E-state index >= 15 is 0 Å². The van der Waals surface area contributed by atoms with Gasteiger partial charge in [0, 0.05) is 19.1 Å². The van der Waals surface area contributed by atoms with Crippen molar-refractivity contribution in [1.82, 2.24) is 10.2 Å². The van der Waals surface area contributed by atoms with Crippen molar-refractivity contribution >= 4 is 0 Å². The molecule has 104 valence electrons. The normalized spacial score (nSPS) is 28.7. The zero-order valence-electron chi connectivity index (χ0n) is 11.4. The topological polar surface area (TPSA) is 15.3 Å². The fraction of sp³-hybridized carbons (Fsp3) is 0.625. The number of benzene rings is 1. The van der Waals surface area contributed by atoms with Gasteiger partial charge in [0.1, 0.15) is 5.82 Å². The molecule has 0 radical (unpaired) electrons. The van der Waals surface area contributed by atoms with Crippen LogP contribution in [0.3, 0.4) is 0 Å². The first-order valence-corrected chi connectivity index (χ1v) is 7.51. The lowest BCUT2D eigenvalue weighted by Gasteiger charge is -2.35. The van der Waals surface area contributed by atoms with Crippen molar-refractivity contribution in [1.29, 1.82) is 0 Å². The minimum absolute atomic E-state index is 0.122. The highest BCUT2D eigenvalue weighted by Crippen LogP contribution is 2.25. The van der Waals surface area contributed by atoms with Gasteiger partial charge in [-0.3, -0.25) is 4.90 Å². The average Bonchev–Trinajstić information content (AvgIpc) is 2.93. The monoisotopic (exact) mass is 262 g/mol. The molecule has 2 atom stereocenters. The molecule has 2 saturated heterocycles. The van der Waals surface area contributed by atoms with Gasteiger partial charge in [-0.25, -0.2) is 4.39 Å². The maximum atomic E-state index is 13.2. The predicted molar refractivity (Wildman–Crippen MR) is 75.4 cm³/mol. The molecule has 0 aliphatic carbocycles. The van der Waals surface area contributed by atoms with Crippen LogP contribution in [0.15, 0.2) is 24.3 Å². The van der Waals surface area contributed by atoms with Crippen LogP contribution >= 0.6 is 0 Å². The molecule has 3 rings (SSSR count). The molecule has 2 fully saturated rings. The van der Waals surface area contributed by atoms with Gasteiger partial charge in [-0.1, -0.05) is 12.1 Å². The number of hydrogen-bond acceptors (Lipinski definition) is 2. The third kappa shape index (κ3) is 3.34. The summed E-state index contributed by atoms with van der Waals surface area (Å²) in [4.78, 5) is 2.49. The molecule has 2 heterocycles. The summed E-state index contributed by atoms with van der Waals surface area (Å²) in [5.41, 5.74) is 1.10. The quantitative estimate of drug-likeness (QED) is 0.901. The van der Waals surface area contributed by atoms with Gasteiger partial charge in [-0.2, -0.15) is 0 Å². The summed E-state index contributed by atoms with van der Waals surface area (Å²) < 4.78 is 13.2. The van der Waals surface area contributed by atoms with E-state index in [2.05, 4.69) is 10.2 Å². The van der Waals surface area contributed by atoms with Gasteiger partial charge in [-0.05, 0) is 62.4 Å². The van der Waals surface area contributed by atoms with E-state index in [4.69, 9.17) is 0 Å². The Morgan fingerprint density at radius 2 is 2.21 bits per heavy atom. The molecule has 0 amide bonds. The first-order chi connectivity index (χ1) is 9.31. The second kappa shape index (κ2) is 6.02. The fourth-order valence-electron chi connectivity index (χ4n) is 3.57. The van der Waals surface area contributed by atoms with Crippen LogP contribution in [0.2, 0.25) is 0 Å². The molecule has 0 spiro atoms. The summed E-state index contributed by atoms with van der Waals surface area (Å²) in [5, 5.41) is 3.63. The summed E-state index contributed by atoms with van der Waals surface area (Å²) in [7, 11) is 0. The molecule has 0 bridgehead atoms. The van der Waals surface area contributed by atoms with E-state index in [1.165, 1.54) is 38.3 Å². The lowest BCUT2D eigenvalue weighted by atomic mass is 9.89. The number of piperidine rings is 1. The Kier molecular flexibility index (Phi) is 4.14. The summed E-state index contributed by atoms with van der Waals surface area (Å²) in [5.74, 6) is 0.660. The fourth-order valence-corrected chi connectivity index (χ4v) is 3.57. The van der Waals surface area contributed by atoms with E-state index in [9.17, 15) is 4.39 Å². The van der Waals surface area contributed by atoms with Crippen LogP contribution in [0.4, 0.5) is 4.39 Å². The minimum Gasteiger partial charge on any atom is -0.314 e. The number of nitrogens with zero attached hydrogens (tertiary/aromatic N) is 1. The molecular formula is C16H23FN2. The van der Waals surface area contributed by atoms with Crippen LogP contribution in [0.1, 0.15) is 31.2 Å². The van der Waals surface area contributed by atoms with Crippen molar-refractivity contribution in [3.63, 3.8) is 0 Å². The molecule has 3 heteroatoms. The SMILES string of the molecule is Fc1cccc(CN2CCCC(C3CCCN3)C2)c1. The number of likely N-dealkylation sites (tertiary alicyclic amines) is 1. The van der Waals surface area contributed by atoms with E-state index in [0.29, 0.717) is 0 Å². The van der Waals surface area contributed by atoms with Gasteiger partial charge >= 0.3 is 0 Å². The lowest BCUT2D eigenvalue weighted by Crippen LogP contribution is -2.43. The van der Waals surface area contributed by atoms with E-state index in [-0.39, 0.29) is 5.82 Å². The van der Waals surface area contributed by atoms with Gasteiger partial charge in [0.2, 0.25) is 0 Å². The van der Waals surface area contributed by atoms with E-state index in [1.54, 1.807) is 6.07 Å². The molecular weight excluding hydrogens is 239 g/mol. The minimum atomic E-state index is -0.122. The summed E-state index contributed by atoms with van der Waals surface area (Å²) in [6.07, 6.45) is 5.28. The highest BCUT2D eigenvalue weighted by Gasteiger charge is 2.28. The lowest BCUT2D eigenvalue weighted by molar-refractivity contribution is 0.145. The van der Waals surface area contributed by atoms with Gasteiger partial charge in [0.05, 0.1) is 0 Å². The Hall–Kier alpha value is -0.930. The molecule has 1 aromatic carbocycles. The molecule has 1 aromatic rings. The van der Waals surface area contributed by atoms with Crippen molar-refractivity contribution in [3.05, 3.63) is 35.6 Å². The van der Waals surface area contributed by atoms with Crippen molar-refractivity contribution in [3.8, 4) is 0 Å². The van der Waals surface area contributed by atoms with E-state index in [0.717, 1.165) is 37.2 Å². The van der Waals surface area contributed by atoms with Crippen LogP contribution in [-0.2, 0) is 6.54 Å². The third-order valence-corrected chi connectivity index (χ3v) is 4.50. The smallest absolute Gasteiger partial charge is 0.123 e. The standard InChI is InChI=1S/C16H23FN2/c17-15-6-1-4-13(10-15)11-19-9-3-5-14(12-19)16-7-2-8-18-16/h1,4,6,10,14,16,18H,2-3,5,7-9,11-12H2. The van der Waals surface area contributed by atoms with Crippen LogP contribution in [0.25, 0.3) is 0 Å². The summed E-state index contributed by atoms with van der Waals surface area (Å²) >= 11 is 0. The molecule has 2 nitrogen and oxygen atoms in total. The zero-order valence-corrected chi connectivity index (χ0v) is 11.4. The van der Waals surface area contributed by atoms with Gasteiger partial charge < -0.3 is 5.32 Å². The molecule has 2 aliphatic heterocycles. The second-order valence-corrected chi connectivity index (χ2v) is 5.97. The molecule has 19 heavy (non-hydrogen) atoms. The molecule has 2 unspecified atom stereocenters. The van der Waals surface area contributed by atoms with Crippen molar-refractivity contribution < 1.29 is 4.39 Å². The van der Waals surface area contributed by atoms with E-state index in [1.807, 2.05) is 12.1 Å². The molecule has 1 N–H and O–H groups in total. The number of halogens is 1. The number of hydrogen-bond donors (Lipinski definition) is 1. The van der Waals surface area contributed by atoms with Crippen LogP contribution in [-0.4, -0.2) is 30.6 Å². The van der Waals surface area contributed by atoms with Gasteiger partial charge in [0.15, 0.2) is 0 Å². The first-order valence-electron chi connectivity index (χ1n) is 7.51. The third-order valence-electron chi connectivity index (χ3n) is 4.50. The maximum Gasteiger partial charge on any atom is 0.123 e. The Morgan fingerprint density at radius 3 is 3.00 bits per heavy atom.